The first-order chi connectivity index (χ1) is 36.5. The van der Waals surface area contributed by atoms with Gasteiger partial charge in [0.05, 0.1) is 41.9 Å². The number of hydrogen-bond donors (Lipinski definition) is 6. The first kappa shape index (κ1) is 52.5. The summed E-state index contributed by atoms with van der Waals surface area (Å²) in [5.74, 6) is 0.768. The number of H-pyrrole nitrogens is 4. The van der Waals surface area contributed by atoms with Crippen LogP contribution in [-0.2, 0) is 6.42 Å². The molecule has 18 nitrogen and oxygen atoms in total. The third-order valence-electron chi connectivity index (χ3n) is 11.2. The number of aliphatic hydroxyl groups is 1. The number of nitrogens with zero attached hydrogens (tertiary/aromatic N) is 12. The van der Waals surface area contributed by atoms with Crippen LogP contribution in [0.2, 0.25) is 5.15 Å². The molecule has 9 heterocycles. The predicted octanol–water partition coefficient (Wildman–Crippen LogP) is 11.8. The van der Waals surface area contributed by atoms with E-state index in [1.807, 2.05) is 99.3 Å². The molecule has 12 rings (SSSR count). The minimum absolute atomic E-state index is 0.178. The number of benzene rings is 3. The first-order valence-corrected chi connectivity index (χ1v) is 26.2. The van der Waals surface area contributed by atoms with Gasteiger partial charge >= 0.3 is 0 Å². The van der Waals surface area contributed by atoms with E-state index >= 15 is 0 Å². The summed E-state index contributed by atoms with van der Waals surface area (Å²) in [6, 6.07) is 32.2. The van der Waals surface area contributed by atoms with Gasteiger partial charge in [0.1, 0.15) is 42.2 Å². The molecular formula is C53H47Br3ClN17O. The van der Waals surface area contributed by atoms with Gasteiger partial charge in [0.15, 0.2) is 22.6 Å². The van der Waals surface area contributed by atoms with Crippen molar-refractivity contribution in [1.29, 1.82) is 0 Å². The summed E-state index contributed by atoms with van der Waals surface area (Å²) in [5.41, 5.74) is 15.8. The summed E-state index contributed by atoms with van der Waals surface area (Å²) < 4.78 is 2.44. The van der Waals surface area contributed by atoms with Gasteiger partial charge in [0.2, 0.25) is 0 Å². The largest absolute Gasteiger partial charge is 0.396 e. The number of fused-ring (bicyclic) bond motifs is 4. The lowest BCUT2D eigenvalue weighted by molar-refractivity contribution is 0.288. The normalized spacial score (nSPS) is 11.1. The van der Waals surface area contributed by atoms with E-state index < -0.39 is 0 Å². The van der Waals surface area contributed by atoms with Crippen LogP contribution in [0.5, 0.6) is 0 Å². The molecular weight excluding hydrogens is 1170 g/mol. The Morgan fingerprint density at radius 3 is 1.89 bits per heavy atom. The lowest BCUT2D eigenvalue weighted by atomic mass is 10.1. The number of nitrogens with one attached hydrogen (secondary N) is 5. The fourth-order valence-corrected chi connectivity index (χ4v) is 8.80. The molecule has 12 aromatic rings. The number of likely N-dealkylation sites (N-methyl/N-ethyl adjacent to an activating group) is 1. The number of aromatic amines is 4. The molecule has 0 amide bonds. The van der Waals surface area contributed by atoms with Gasteiger partial charge in [-0.25, -0.2) is 39.9 Å². The van der Waals surface area contributed by atoms with Gasteiger partial charge in [-0.2, -0.15) is 10.2 Å². The highest BCUT2D eigenvalue weighted by Crippen LogP contribution is 2.30. The fourth-order valence-electron chi connectivity index (χ4n) is 7.71. The molecule has 9 aromatic heterocycles. The quantitative estimate of drug-likeness (QED) is 0.0706. The Kier molecular flexibility index (Phi) is 17.3. The van der Waals surface area contributed by atoms with Gasteiger partial charge in [-0.3, -0.25) is 15.2 Å². The van der Waals surface area contributed by atoms with Crippen LogP contribution < -0.4 is 5.32 Å². The molecule has 0 fully saturated rings. The Morgan fingerprint density at radius 2 is 1.23 bits per heavy atom. The van der Waals surface area contributed by atoms with Crippen LogP contribution in [0.3, 0.4) is 0 Å². The third-order valence-corrected chi connectivity index (χ3v) is 12.7. The van der Waals surface area contributed by atoms with E-state index in [0.29, 0.717) is 26.6 Å². The molecule has 0 unspecified atom stereocenters. The lowest BCUT2D eigenvalue weighted by Gasteiger charge is -2.10. The van der Waals surface area contributed by atoms with Gasteiger partial charge in [-0.05, 0) is 102 Å². The molecule has 75 heavy (non-hydrogen) atoms. The summed E-state index contributed by atoms with van der Waals surface area (Å²) in [5, 5.41) is 26.9. The molecule has 3 aromatic carbocycles. The van der Waals surface area contributed by atoms with E-state index in [9.17, 15) is 0 Å². The number of pyridine rings is 1. The molecule has 378 valence electrons. The zero-order valence-electron chi connectivity index (χ0n) is 40.6. The van der Waals surface area contributed by atoms with Crippen molar-refractivity contribution < 1.29 is 5.11 Å². The smallest absolute Gasteiger partial charge is 0.200 e. The van der Waals surface area contributed by atoms with Gasteiger partial charge < -0.3 is 25.3 Å². The molecule has 0 aliphatic carbocycles. The average molecular weight is 1210 g/mol. The summed E-state index contributed by atoms with van der Waals surface area (Å²) in [6.45, 7) is 4.01. The van der Waals surface area contributed by atoms with Crippen LogP contribution in [0.1, 0.15) is 17.7 Å². The van der Waals surface area contributed by atoms with Gasteiger partial charge in [0, 0.05) is 64.5 Å². The first-order valence-electron chi connectivity index (χ1n) is 23.4. The van der Waals surface area contributed by atoms with E-state index in [1.165, 1.54) is 11.8 Å². The highest BCUT2D eigenvalue weighted by Gasteiger charge is 2.14. The second-order valence-corrected chi connectivity index (χ2v) is 19.9. The second kappa shape index (κ2) is 24.8. The van der Waals surface area contributed by atoms with E-state index in [1.54, 1.807) is 18.6 Å². The Bertz CT molecular complexity index is 3840. The monoisotopic (exact) mass is 1210 g/mol. The van der Waals surface area contributed by atoms with Crippen molar-refractivity contribution in [1.82, 2.24) is 80.1 Å². The summed E-state index contributed by atoms with van der Waals surface area (Å²) in [6.07, 6.45) is 11.8. The van der Waals surface area contributed by atoms with Crippen molar-refractivity contribution in [3.63, 3.8) is 0 Å². The third kappa shape index (κ3) is 13.3. The van der Waals surface area contributed by atoms with E-state index in [4.69, 9.17) is 16.7 Å². The molecule has 0 atom stereocenters. The number of hydrogen-bond acceptors (Lipinski definition) is 14. The Morgan fingerprint density at radius 1 is 0.613 bits per heavy atom. The molecule has 0 bridgehead atoms. The van der Waals surface area contributed by atoms with E-state index in [0.717, 1.165) is 119 Å². The maximum atomic E-state index is 8.90. The van der Waals surface area contributed by atoms with Gasteiger partial charge in [-0.15, -0.1) is 0 Å². The minimum atomic E-state index is 0.178. The highest BCUT2D eigenvalue weighted by molar-refractivity contribution is 9.11. The Hall–Kier alpha value is -7.40. The summed E-state index contributed by atoms with van der Waals surface area (Å²) in [7, 11) is 4.09. The van der Waals surface area contributed by atoms with Crippen molar-refractivity contribution in [2.75, 3.05) is 39.1 Å². The Labute approximate surface area is 460 Å². The van der Waals surface area contributed by atoms with Crippen LogP contribution in [0, 0.1) is 6.92 Å². The van der Waals surface area contributed by atoms with Crippen molar-refractivity contribution in [3.05, 3.63) is 164 Å². The number of anilines is 1. The molecule has 0 aliphatic rings. The van der Waals surface area contributed by atoms with Crippen molar-refractivity contribution in [3.8, 4) is 44.9 Å². The number of rotatable bonds is 11. The molecule has 0 aliphatic heterocycles. The SMILES string of the molecule is Brc1cnc2[nH]cc(-c3ccccc3)c2n1.Cc1cccc(-c2[nH]nc3ncc(NCCN(C)C)nc23)c1.Clc1cnc2n[nH]c(-c3cccc(Br)c3)c2n1.OCCCc1cccc(-c2c[nH]c3ncc(Br)nc23)n1. The standard InChI is InChI=1S/C16H20N6.C14H13BrN4O.C12H8BrN3.C11H6BrClN4/c1-11-5-4-6-12(9-11)14-15-16(21-20-14)18-10-13(19-15)17-7-8-22(2)3;15-12-8-17-14-13(19-12)10(7-16-14)11-5-1-3-9(18-11)4-2-6-20;13-10-7-15-12-11(16-10)9(6-14-12)8-4-2-1-3-5-8;12-7-3-1-2-6(4-7)9-10-11(17-16-9)14-5-8(13)15-10/h4-6,9-10H,7-8H2,1-3H3,(H,17,19)(H,18,20,21);1,3,5,7-8,20H,2,4,6H2,(H,16,17);1-7H,(H,14,15);1-5H,(H,14,16,17). The zero-order chi connectivity index (χ0) is 52.3. The molecule has 0 saturated heterocycles. The lowest BCUT2D eigenvalue weighted by Crippen LogP contribution is -2.21. The number of aliphatic hydroxyl groups excluding tert-OH is 1. The Balaban J connectivity index is 0.000000123. The number of aromatic nitrogens is 15. The zero-order valence-corrected chi connectivity index (χ0v) is 46.1. The maximum Gasteiger partial charge on any atom is 0.200 e. The van der Waals surface area contributed by atoms with Crippen molar-refractivity contribution >= 4 is 110 Å². The van der Waals surface area contributed by atoms with E-state index in [-0.39, 0.29) is 6.61 Å². The topological polar surface area (TPSA) is 240 Å². The van der Waals surface area contributed by atoms with Crippen LogP contribution >= 0.6 is 59.4 Å². The second-order valence-electron chi connectivity index (χ2n) is 17.0. The minimum Gasteiger partial charge on any atom is -0.396 e. The number of aryl methyl sites for hydroxylation is 2. The fraction of sp³-hybridized carbons (Fsp3) is 0.151. The highest BCUT2D eigenvalue weighted by atomic mass is 79.9. The predicted molar refractivity (Wildman–Crippen MR) is 306 cm³/mol. The molecule has 0 spiro atoms. The summed E-state index contributed by atoms with van der Waals surface area (Å²) >= 11 is 15.9. The maximum absolute atomic E-state index is 8.90. The molecule has 0 radical (unpaired) electrons. The van der Waals surface area contributed by atoms with Crippen molar-refractivity contribution in [2.45, 2.75) is 19.8 Å². The van der Waals surface area contributed by atoms with Gasteiger partial charge in [-0.1, -0.05) is 99.8 Å². The molecule has 0 saturated carbocycles. The van der Waals surface area contributed by atoms with Crippen molar-refractivity contribution in [2.24, 2.45) is 0 Å². The van der Waals surface area contributed by atoms with Crippen LogP contribution in [-0.4, -0.2) is 119 Å². The van der Waals surface area contributed by atoms with E-state index in [2.05, 4.69) is 164 Å². The molecule has 22 heteroatoms. The molecule has 6 N–H and O–H groups in total. The number of halogens is 4. The van der Waals surface area contributed by atoms with Crippen LogP contribution in [0.25, 0.3) is 89.6 Å². The van der Waals surface area contributed by atoms with Gasteiger partial charge in [0.25, 0.3) is 0 Å². The van der Waals surface area contributed by atoms with Crippen LogP contribution in [0.15, 0.2) is 148 Å². The van der Waals surface area contributed by atoms with Crippen LogP contribution in [0.4, 0.5) is 5.82 Å². The average Bonchev–Trinajstić information content (AvgIpc) is 4.24. The summed E-state index contributed by atoms with van der Waals surface area (Å²) in [4.78, 5) is 47.7.